The van der Waals surface area contributed by atoms with Crippen molar-refractivity contribution in [3.63, 3.8) is 0 Å². The van der Waals surface area contributed by atoms with E-state index in [1.165, 1.54) is 6.33 Å². The summed E-state index contributed by atoms with van der Waals surface area (Å²) in [5, 5.41) is 0. The van der Waals surface area contributed by atoms with E-state index in [0.717, 1.165) is 6.42 Å². The minimum atomic E-state index is -5.55. The molecule has 1 aliphatic rings. The second-order valence-electron chi connectivity index (χ2n) is 6.69. The van der Waals surface area contributed by atoms with Crippen LogP contribution in [0.2, 0.25) is 0 Å². The fourth-order valence-corrected chi connectivity index (χ4v) is 6.03. The number of nitrogens with zero attached hydrogens (tertiary/aromatic N) is 4. The van der Waals surface area contributed by atoms with Crippen molar-refractivity contribution in [3.05, 3.63) is 24.8 Å². The van der Waals surface area contributed by atoms with Crippen LogP contribution in [0.3, 0.4) is 0 Å². The number of phosphoric ester groups is 1. The van der Waals surface area contributed by atoms with Gasteiger partial charge in [0.2, 0.25) is 5.88 Å². The minimum absolute atomic E-state index is 0.219. The normalized spacial score (nSPS) is 22.7. The number of ether oxygens (including phenoxy) is 1. The zero-order valence-corrected chi connectivity index (χ0v) is 19.3. The summed E-state index contributed by atoms with van der Waals surface area (Å²) in [6, 6.07) is -0.219. The Kier molecular flexibility index (Phi) is 7.68. The summed E-state index contributed by atoms with van der Waals surface area (Å²) < 4.78 is 53.3. The van der Waals surface area contributed by atoms with E-state index >= 15 is 0 Å². The van der Waals surface area contributed by atoms with E-state index in [9.17, 15) is 23.5 Å². The van der Waals surface area contributed by atoms with E-state index in [2.05, 4.69) is 28.1 Å². The van der Waals surface area contributed by atoms with Gasteiger partial charge in [-0.3, -0.25) is 4.52 Å². The van der Waals surface area contributed by atoms with Crippen LogP contribution < -0.4 is 4.74 Å². The maximum absolute atomic E-state index is 11.9. The maximum atomic E-state index is 11.9. The Morgan fingerprint density at radius 3 is 2.50 bits per heavy atom. The second-order valence-corrected chi connectivity index (χ2v) is 11.1. The van der Waals surface area contributed by atoms with Gasteiger partial charge in [0.1, 0.15) is 6.33 Å². The molecule has 4 atom stereocenters. The summed E-state index contributed by atoms with van der Waals surface area (Å²) in [4.78, 5) is 48.5. The molecule has 0 bridgehead atoms. The third-order valence-electron chi connectivity index (χ3n) is 4.14. The molecular weight excluding hydrogens is 493 g/mol. The number of hydrogen-bond acceptors (Lipinski definition) is 10. The number of imidazole rings is 1. The van der Waals surface area contributed by atoms with Crippen molar-refractivity contribution in [1.29, 1.82) is 0 Å². The molecule has 15 nitrogen and oxygen atoms in total. The van der Waals surface area contributed by atoms with Crippen LogP contribution in [0.25, 0.3) is 11.2 Å². The maximum Gasteiger partial charge on any atom is 0.490 e. The third-order valence-corrected chi connectivity index (χ3v) is 7.95. The molecule has 4 N–H and O–H groups in total. The van der Waals surface area contributed by atoms with Crippen molar-refractivity contribution < 1.29 is 51.2 Å². The molecule has 0 saturated heterocycles. The van der Waals surface area contributed by atoms with Gasteiger partial charge in [-0.2, -0.15) is 13.6 Å². The molecule has 1 aliphatic carbocycles. The van der Waals surface area contributed by atoms with Gasteiger partial charge in [0.25, 0.3) is 0 Å². The highest BCUT2D eigenvalue weighted by atomic mass is 31.3. The van der Waals surface area contributed by atoms with E-state index in [1.54, 1.807) is 23.0 Å². The second kappa shape index (κ2) is 9.78. The Morgan fingerprint density at radius 1 is 1.06 bits per heavy atom. The molecule has 0 aromatic carbocycles. The van der Waals surface area contributed by atoms with Gasteiger partial charge < -0.3 is 28.9 Å². The first-order valence-corrected chi connectivity index (χ1v) is 13.7. The highest BCUT2D eigenvalue weighted by molar-refractivity contribution is 7.66. The van der Waals surface area contributed by atoms with Crippen molar-refractivity contribution in [2.75, 3.05) is 13.2 Å². The van der Waals surface area contributed by atoms with Crippen molar-refractivity contribution >= 4 is 34.6 Å². The first-order valence-electron chi connectivity index (χ1n) is 9.16. The smallest absolute Gasteiger partial charge is 0.476 e. The van der Waals surface area contributed by atoms with Crippen LogP contribution in [-0.4, -0.2) is 52.3 Å². The molecule has 178 valence electrons. The van der Waals surface area contributed by atoms with Gasteiger partial charge >= 0.3 is 23.5 Å². The Bertz CT molecular complexity index is 1130. The lowest BCUT2D eigenvalue weighted by Gasteiger charge is -2.18. The molecule has 0 saturated carbocycles. The zero-order valence-electron chi connectivity index (χ0n) is 16.6. The lowest BCUT2D eigenvalue weighted by atomic mass is 10.1. The third kappa shape index (κ3) is 6.75. The lowest BCUT2D eigenvalue weighted by molar-refractivity contribution is 0.159. The predicted octanol–water partition coefficient (Wildman–Crippen LogP) is 2.08. The van der Waals surface area contributed by atoms with Crippen molar-refractivity contribution in [1.82, 2.24) is 19.5 Å². The van der Waals surface area contributed by atoms with Gasteiger partial charge in [-0.15, -0.1) is 0 Å². The van der Waals surface area contributed by atoms with Crippen molar-refractivity contribution in [2.24, 2.45) is 5.92 Å². The van der Waals surface area contributed by atoms with E-state index in [0.29, 0.717) is 30.1 Å². The highest BCUT2D eigenvalue weighted by Crippen LogP contribution is 2.66. The van der Waals surface area contributed by atoms with Gasteiger partial charge in [-0.25, -0.2) is 23.7 Å². The number of phosphoric acid groups is 3. The Hall–Kier alpha value is -1.50. The molecule has 32 heavy (non-hydrogen) atoms. The summed E-state index contributed by atoms with van der Waals surface area (Å²) >= 11 is 0. The zero-order chi connectivity index (χ0) is 23.6. The SMILES string of the molecule is CCCOc1ncnc2c1ncn2[C@H]1C=C[C@@H](COP(=O)(O)OP(=O)(O)OP(=O)(O)O)C1. The molecule has 2 aromatic heterocycles. The minimum Gasteiger partial charge on any atom is -0.476 e. The summed E-state index contributed by atoms with van der Waals surface area (Å²) in [6.45, 7) is 2.05. The number of aromatic nitrogens is 4. The molecule has 0 amide bonds. The van der Waals surface area contributed by atoms with Gasteiger partial charge in [-0.1, -0.05) is 19.1 Å². The van der Waals surface area contributed by atoms with E-state index in [1.807, 2.05) is 6.92 Å². The molecule has 0 aliphatic heterocycles. The molecular formula is C14H21N4O11P3. The van der Waals surface area contributed by atoms with Gasteiger partial charge in [0.05, 0.1) is 25.6 Å². The van der Waals surface area contributed by atoms with Crippen molar-refractivity contribution in [3.8, 4) is 5.88 Å². The molecule has 2 aromatic rings. The standard InChI is InChI=1S/C14H21N4O11P3/c1-2-5-26-14-12-13(15-8-16-14)18(9-17-12)11-4-3-10(6-11)7-27-31(22,23)29-32(24,25)28-30(19,20)21/h3-4,8-11H,2,5-7H2,1H3,(H,22,23)(H,24,25)(H2,19,20,21)/t10-,11+/m1/s1. The number of hydrogen-bond donors (Lipinski definition) is 4. The summed E-state index contributed by atoms with van der Waals surface area (Å²) in [6.07, 6.45) is 7.65. The van der Waals surface area contributed by atoms with Gasteiger partial charge in [-0.05, 0) is 12.8 Å². The fraction of sp³-hybridized carbons (Fsp3) is 0.500. The Balaban J connectivity index is 1.61. The molecule has 18 heteroatoms. The van der Waals surface area contributed by atoms with Crippen LogP contribution >= 0.6 is 23.5 Å². The summed E-state index contributed by atoms with van der Waals surface area (Å²) in [5.74, 6) is -0.0262. The highest BCUT2D eigenvalue weighted by Gasteiger charge is 2.41. The molecule has 0 fully saturated rings. The Labute approximate surface area is 181 Å². The average Bonchev–Trinajstić information content (AvgIpc) is 3.28. The van der Waals surface area contributed by atoms with Crippen molar-refractivity contribution in [2.45, 2.75) is 25.8 Å². The summed E-state index contributed by atoms with van der Waals surface area (Å²) in [7, 11) is -16.2. The van der Waals surface area contributed by atoms with E-state index in [4.69, 9.17) is 14.5 Å². The molecule has 2 unspecified atom stereocenters. The van der Waals surface area contributed by atoms with Crippen LogP contribution in [0.1, 0.15) is 25.8 Å². The van der Waals surface area contributed by atoms with E-state index < -0.39 is 23.5 Å². The number of fused-ring (bicyclic) bond motifs is 1. The molecule has 3 rings (SSSR count). The topological polar surface area (TPSA) is 213 Å². The number of rotatable bonds is 11. The lowest BCUT2D eigenvalue weighted by Crippen LogP contribution is -2.10. The predicted molar refractivity (Wildman–Crippen MR) is 107 cm³/mol. The Morgan fingerprint density at radius 2 is 1.81 bits per heavy atom. The van der Waals surface area contributed by atoms with E-state index in [-0.39, 0.29) is 18.6 Å². The molecule has 2 heterocycles. The first-order chi connectivity index (χ1) is 14.9. The van der Waals surface area contributed by atoms with Crippen LogP contribution in [0.15, 0.2) is 24.8 Å². The van der Waals surface area contributed by atoms with Crippen LogP contribution in [0, 0.1) is 5.92 Å². The van der Waals surface area contributed by atoms with Crippen LogP contribution in [-0.2, 0) is 26.8 Å². The van der Waals surface area contributed by atoms with Gasteiger partial charge in [0, 0.05) is 5.92 Å². The van der Waals surface area contributed by atoms with Crippen LogP contribution in [0.5, 0.6) is 5.88 Å². The fourth-order valence-electron chi connectivity index (χ4n) is 2.95. The molecule has 0 radical (unpaired) electrons. The first kappa shape index (κ1) is 25.1. The van der Waals surface area contributed by atoms with Crippen LogP contribution in [0.4, 0.5) is 0 Å². The number of allylic oxidation sites excluding steroid dienone is 1. The monoisotopic (exact) mass is 514 g/mol. The largest absolute Gasteiger partial charge is 0.490 e. The van der Waals surface area contributed by atoms with Gasteiger partial charge in [0.15, 0.2) is 11.2 Å². The quantitative estimate of drug-likeness (QED) is 0.250. The summed E-state index contributed by atoms with van der Waals surface area (Å²) in [5.41, 5.74) is 1.03. The molecule has 0 spiro atoms. The average molecular weight is 514 g/mol.